The second kappa shape index (κ2) is 11.3. The van der Waals surface area contributed by atoms with E-state index in [4.69, 9.17) is 0 Å². The summed E-state index contributed by atoms with van der Waals surface area (Å²) in [5, 5.41) is 11.0. The van der Waals surface area contributed by atoms with Gasteiger partial charge >= 0.3 is 5.97 Å². The Morgan fingerprint density at radius 1 is 1.42 bits per heavy atom. The molecule has 24 heavy (non-hydrogen) atoms. The maximum atomic E-state index is 11.2. The van der Waals surface area contributed by atoms with E-state index in [-0.39, 0.29) is 42.4 Å². The fourth-order valence-electron chi connectivity index (χ4n) is 2.38. The van der Waals surface area contributed by atoms with Gasteiger partial charge in [0.1, 0.15) is 0 Å². The van der Waals surface area contributed by atoms with E-state index < -0.39 is 0 Å². The molecule has 1 aromatic rings. The first-order chi connectivity index (χ1) is 10.9. The summed E-state index contributed by atoms with van der Waals surface area (Å²) < 4.78 is 6.53. The number of guanidine groups is 1. The summed E-state index contributed by atoms with van der Waals surface area (Å²) in [6.07, 6.45) is 1.15. The van der Waals surface area contributed by atoms with Gasteiger partial charge in [-0.2, -0.15) is 5.10 Å². The van der Waals surface area contributed by atoms with Gasteiger partial charge in [0.05, 0.1) is 25.8 Å². The van der Waals surface area contributed by atoms with Crippen LogP contribution < -0.4 is 10.6 Å². The molecule has 1 heterocycles. The number of aryl methyl sites for hydroxylation is 2. The number of aliphatic imine (C=N–C) groups is 1. The second-order valence-electron chi connectivity index (χ2n) is 5.61. The summed E-state index contributed by atoms with van der Waals surface area (Å²) in [6, 6.07) is 0.201. The number of aromatic nitrogens is 2. The topological polar surface area (TPSA) is 80.5 Å². The Bertz CT molecular complexity index is 557. The van der Waals surface area contributed by atoms with Gasteiger partial charge in [-0.15, -0.1) is 24.0 Å². The number of carbonyl (C=O) groups excluding carboxylic acids is 1. The second-order valence-corrected chi connectivity index (χ2v) is 5.61. The molecule has 0 fully saturated rings. The van der Waals surface area contributed by atoms with Crippen LogP contribution in [0.3, 0.4) is 0 Å². The first kappa shape index (κ1) is 22.7. The van der Waals surface area contributed by atoms with Gasteiger partial charge in [-0.05, 0) is 39.7 Å². The van der Waals surface area contributed by atoms with Crippen LogP contribution in [0.5, 0.6) is 0 Å². The number of halogens is 1. The largest absolute Gasteiger partial charge is 0.469 e. The first-order valence-corrected chi connectivity index (χ1v) is 7.99. The van der Waals surface area contributed by atoms with Crippen LogP contribution in [-0.4, -0.2) is 48.0 Å². The van der Waals surface area contributed by atoms with Crippen LogP contribution in [0.4, 0.5) is 0 Å². The number of esters is 1. The molecule has 0 aliphatic carbocycles. The smallest absolute Gasteiger partial charge is 0.307 e. The zero-order valence-corrected chi connectivity index (χ0v) is 17.8. The molecule has 0 saturated carbocycles. The van der Waals surface area contributed by atoms with Crippen LogP contribution in [0.1, 0.15) is 37.2 Å². The fourth-order valence-corrected chi connectivity index (χ4v) is 2.38. The molecule has 0 aliphatic heterocycles. The molecule has 0 radical (unpaired) electrons. The van der Waals surface area contributed by atoms with Gasteiger partial charge in [-0.25, -0.2) is 0 Å². The van der Waals surface area contributed by atoms with Gasteiger partial charge in [0.15, 0.2) is 5.96 Å². The van der Waals surface area contributed by atoms with E-state index >= 15 is 0 Å². The Morgan fingerprint density at radius 2 is 2.08 bits per heavy atom. The zero-order valence-electron chi connectivity index (χ0n) is 15.5. The standard InChI is InChI=1S/C16H29N5O2.HI/c1-7-17-16(18-9-8-15(22)23-6)19-11(2)10-14-12(3)20-21(5)13(14)4;/h11H,7-10H2,1-6H3,(H2,17,18,19);1H. The number of hydrogen-bond acceptors (Lipinski definition) is 4. The third-order valence-electron chi connectivity index (χ3n) is 3.71. The van der Waals surface area contributed by atoms with E-state index in [1.165, 1.54) is 18.4 Å². The van der Waals surface area contributed by atoms with Gasteiger partial charge in [0.25, 0.3) is 0 Å². The third-order valence-corrected chi connectivity index (χ3v) is 3.71. The SMILES string of the molecule is CCNC(=NCCC(=O)OC)NC(C)Cc1c(C)nn(C)c1C.I. The highest BCUT2D eigenvalue weighted by molar-refractivity contribution is 14.0. The summed E-state index contributed by atoms with van der Waals surface area (Å²) in [5.74, 6) is 0.461. The van der Waals surface area contributed by atoms with E-state index in [0.717, 1.165) is 18.7 Å². The minimum absolute atomic E-state index is 0. The van der Waals surface area contributed by atoms with Crippen LogP contribution in [-0.2, 0) is 23.0 Å². The van der Waals surface area contributed by atoms with Crippen LogP contribution in [0, 0.1) is 13.8 Å². The quantitative estimate of drug-likeness (QED) is 0.286. The molecule has 1 aromatic heterocycles. The molecule has 8 heteroatoms. The molecular formula is C16H30IN5O2. The van der Waals surface area contributed by atoms with Crippen molar-refractivity contribution in [1.29, 1.82) is 0 Å². The molecule has 0 bridgehead atoms. The zero-order chi connectivity index (χ0) is 17.4. The number of nitrogens with zero attached hydrogens (tertiary/aromatic N) is 3. The van der Waals surface area contributed by atoms with E-state index in [2.05, 4.69) is 39.3 Å². The molecule has 7 nitrogen and oxygen atoms in total. The van der Waals surface area contributed by atoms with Gasteiger partial charge in [-0.1, -0.05) is 0 Å². The molecular weight excluding hydrogens is 421 g/mol. The number of ether oxygens (including phenoxy) is 1. The molecule has 0 aliphatic rings. The Kier molecular flexibility index (Phi) is 10.7. The number of methoxy groups -OCH3 is 1. The van der Waals surface area contributed by atoms with E-state index in [9.17, 15) is 4.79 Å². The molecule has 1 unspecified atom stereocenters. The highest BCUT2D eigenvalue weighted by Gasteiger charge is 2.14. The van der Waals surface area contributed by atoms with Crippen LogP contribution >= 0.6 is 24.0 Å². The average molecular weight is 451 g/mol. The molecule has 2 N–H and O–H groups in total. The molecule has 1 atom stereocenters. The number of carbonyl (C=O) groups is 1. The van der Waals surface area contributed by atoms with Gasteiger partial charge in [0, 0.05) is 25.3 Å². The van der Waals surface area contributed by atoms with Crippen molar-refractivity contribution >= 4 is 35.9 Å². The summed E-state index contributed by atoms with van der Waals surface area (Å²) in [6.45, 7) is 9.40. The van der Waals surface area contributed by atoms with Gasteiger partial charge in [0.2, 0.25) is 0 Å². The van der Waals surface area contributed by atoms with Crippen LogP contribution in [0.2, 0.25) is 0 Å². The normalized spacial score (nSPS) is 12.3. The predicted molar refractivity (Wildman–Crippen MR) is 107 cm³/mol. The van der Waals surface area contributed by atoms with Crippen molar-refractivity contribution in [3.8, 4) is 0 Å². The molecule has 0 aromatic carbocycles. The lowest BCUT2D eigenvalue weighted by molar-refractivity contribution is -0.140. The molecule has 0 amide bonds. The first-order valence-electron chi connectivity index (χ1n) is 7.99. The van der Waals surface area contributed by atoms with Crippen LogP contribution in [0.25, 0.3) is 0 Å². The summed E-state index contributed by atoms with van der Waals surface area (Å²) in [7, 11) is 3.35. The van der Waals surface area contributed by atoms with Crippen molar-refractivity contribution in [2.24, 2.45) is 12.0 Å². The predicted octanol–water partition coefficient (Wildman–Crippen LogP) is 1.70. The highest BCUT2D eigenvalue weighted by Crippen LogP contribution is 2.14. The lowest BCUT2D eigenvalue weighted by Gasteiger charge is -2.18. The molecule has 0 saturated heterocycles. The van der Waals surface area contributed by atoms with Crippen molar-refractivity contribution in [3.05, 3.63) is 17.0 Å². The van der Waals surface area contributed by atoms with Crippen molar-refractivity contribution in [3.63, 3.8) is 0 Å². The highest BCUT2D eigenvalue weighted by atomic mass is 127. The van der Waals surface area contributed by atoms with Gasteiger partial charge in [-0.3, -0.25) is 14.5 Å². The van der Waals surface area contributed by atoms with Crippen molar-refractivity contribution < 1.29 is 9.53 Å². The van der Waals surface area contributed by atoms with Gasteiger partial charge < -0.3 is 15.4 Å². The van der Waals surface area contributed by atoms with E-state index in [1.54, 1.807) is 0 Å². The third kappa shape index (κ3) is 7.06. The Hall–Kier alpha value is -1.32. The maximum absolute atomic E-state index is 11.2. The van der Waals surface area contributed by atoms with Crippen molar-refractivity contribution in [2.45, 2.75) is 46.6 Å². The monoisotopic (exact) mass is 451 g/mol. The lowest BCUT2D eigenvalue weighted by atomic mass is 10.1. The minimum atomic E-state index is -0.251. The molecule has 0 spiro atoms. The molecule has 1 rings (SSSR count). The molecule has 138 valence electrons. The summed E-state index contributed by atoms with van der Waals surface area (Å²) >= 11 is 0. The summed E-state index contributed by atoms with van der Waals surface area (Å²) in [4.78, 5) is 15.6. The number of hydrogen-bond donors (Lipinski definition) is 2. The Morgan fingerprint density at radius 3 is 2.58 bits per heavy atom. The Labute approximate surface area is 161 Å². The fraction of sp³-hybridized carbons (Fsp3) is 0.688. The van der Waals surface area contributed by atoms with E-state index in [1.807, 2.05) is 25.6 Å². The minimum Gasteiger partial charge on any atom is -0.469 e. The van der Waals surface area contributed by atoms with Crippen LogP contribution in [0.15, 0.2) is 4.99 Å². The Balaban J connectivity index is 0.00000529. The van der Waals surface area contributed by atoms with E-state index in [0.29, 0.717) is 12.5 Å². The average Bonchev–Trinajstić information content (AvgIpc) is 2.73. The number of rotatable bonds is 7. The lowest BCUT2D eigenvalue weighted by Crippen LogP contribution is -2.43. The van der Waals surface area contributed by atoms with Crippen molar-refractivity contribution in [2.75, 3.05) is 20.2 Å². The maximum Gasteiger partial charge on any atom is 0.307 e. The van der Waals surface area contributed by atoms with Crippen molar-refractivity contribution in [1.82, 2.24) is 20.4 Å². The summed E-state index contributed by atoms with van der Waals surface area (Å²) in [5.41, 5.74) is 3.51. The number of nitrogens with one attached hydrogen (secondary N) is 2.